The lowest BCUT2D eigenvalue weighted by atomic mass is 10.1. The van der Waals surface area contributed by atoms with Crippen LogP contribution in [0.25, 0.3) is 11.4 Å². The SMILES string of the molecule is COc1ccccc1C(=O)CSc1nnc(-c2ccc(Cl)cc2)n1C. The van der Waals surface area contributed by atoms with E-state index in [0.717, 1.165) is 11.4 Å². The molecular weight excluding hydrogens is 358 g/mol. The zero-order valence-electron chi connectivity index (χ0n) is 13.8. The third kappa shape index (κ3) is 3.86. The molecule has 0 fully saturated rings. The Labute approximate surface area is 155 Å². The third-order valence-corrected chi connectivity index (χ3v) is 4.95. The van der Waals surface area contributed by atoms with Gasteiger partial charge in [0.05, 0.1) is 18.4 Å². The van der Waals surface area contributed by atoms with Crippen LogP contribution in [0.1, 0.15) is 10.4 Å². The van der Waals surface area contributed by atoms with Crippen molar-refractivity contribution < 1.29 is 9.53 Å². The lowest BCUT2D eigenvalue weighted by Crippen LogP contribution is -2.06. The van der Waals surface area contributed by atoms with Gasteiger partial charge in [-0.25, -0.2) is 0 Å². The van der Waals surface area contributed by atoms with Gasteiger partial charge in [-0.1, -0.05) is 35.5 Å². The van der Waals surface area contributed by atoms with Crippen molar-refractivity contribution in [2.45, 2.75) is 5.16 Å². The molecule has 3 aromatic rings. The van der Waals surface area contributed by atoms with Crippen LogP contribution in [0.15, 0.2) is 53.7 Å². The summed E-state index contributed by atoms with van der Waals surface area (Å²) in [6.45, 7) is 0. The molecule has 0 saturated carbocycles. The van der Waals surface area contributed by atoms with Gasteiger partial charge in [-0.05, 0) is 36.4 Å². The molecular formula is C18H16ClN3O2S. The molecule has 7 heteroatoms. The van der Waals surface area contributed by atoms with Crippen molar-refractivity contribution >= 4 is 29.1 Å². The molecule has 0 aliphatic rings. The number of aromatic nitrogens is 3. The van der Waals surface area contributed by atoms with E-state index < -0.39 is 0 Å². The van der Waals surface area contributed by atoms with E-state index in [1.165, 1.54) is 11.8 Å². The van der Waals surface area contributed by atoms with Crippen molar-refractivity contribution in [3.8, 4) is 17.1 Å². The summed E-state index contributed by atoms with van der Waals surface area (Å²) in [5.74, 6) is 1.54. The van der Waals surface area contributed by atoms with Gasteiger partial charge in [0.2, 0.25) is 0 Å². The van der Waals surface area contributed by atoms with Crippen LogP contribution in [0.4, 0.5) is 0 Å². The zero-order valence-corrected chi connectivity index (χ0v) is 15.3. The van der Waals surface area contributed by atoms with Gasteiger partial charge in [0.15, 0.2) is 16.8 Å². The normalized spacial score (nSPS) is 10.7. The molecule has 0 aliphatic heterocycles. The van der Waals surface area contributed by atoms with Gasteiger partial charge in [-0.2, -0.15) is 0 Å². The first kappa shape index (κ1) is 17.5. The Morgan fingerprint density at radius 1 is 1.16 bits per heavy atom. The lowest BCUT2D eigenvalue weighted by molar-refractivity contribution is 0.101. The minimum atomic E-state index is -0.0153. The molecule has 0 atom stereocenters. The first-order valence-corrected chi connectivity index (χ1v) is 8.91. The molecule has 1 heterocycles. The Kier molecular flexibility index (Phi) is 5.40. The Hall–Kier alpha value is -2.31. The quantitative estimate of drug-likeness (QED) is 0.480. The number of carbonyl (C=O) groups excluding carboxylic acids is 1. The summed E-state index contributed by atoms with van der Waals surface area (Å²) in [5, 5.41) is 9.74. The van der Waals surface area contributed by atoms with E-state index in [1.807, 2.05) is 48.0 Å². The summed E-state index contributed by atoms with van der Waals surface area (Å²) in [7, 11) is 3.43. The number of nitrogens with zero attached hydrogens (tertiary/aromatic N) is 3. The fourth-order valence-corrected chi connectivity index (χ4v) is 3.29. The van der Waals surface area contributed by atoms with Gasteiger partial charge in [0.1, 0.15) is 5.75 Å². The fourth-order valence-electron chi connectivity index (χ4n) is 2.37. The van der Waals surface area contributed by atoms with E-state index in [4.69, 9.17) is 16.3 Å². The number of halogens is 1. The number of ketones is 1. The van der Waals surface area contributed by atoms with Crippen LogP contribution < -0.4 is 4.74 Å². The molecule has 128 valence electrons. The first-order chi connectivity index (χ1) is 12.1. The van der Waals surface area contributed by atoms with E-state index >= 15 is 0 Å². The van der Waals surface area contributed by atoms with Crippen LogP contribution in [0, 0.1) is 0 Å². The van der Waals surface area contributed by atoms with Crippen LogP contribution in [-0.4, -0.2) is 33.4 Å². The molecule has 0 spiro atoms. The van der Waals surface area contributed by atoms with Gasteiger partial charge in [0.25, 0.3) is 0 Å². The van der Waals surface area contributed by atoms with Crippen LogP contribution in [0.2, 0.25) is 5.02 Å². The van der Waals surface area contributed by atoms with Gasteiger partial charge in [-0.3, -0.25) is 4.79 Å². The number of thioether (sulfide) groups is 1. The maximum atomic E-state index is 12.5. The number of rotatable bonds is 6. The monoisotopic (exact) mass is 373 g/mol. The van der Waals surface area contributed by atoms with Crippen molar-refractivity contribution in [3.05, 3.63) is 59.1 Å². The Bertz CT molecular complexity index is 894. The number of methoxy groups -OCH3 is 1. The van der Waals surface area contributed by atoms with E-state index in [2.05, 4.69) is 10.2 Å². The Morgan fingerprint density at radius 3 is 2.60 bits per heavy atom. The number of ether oxygens (including phenoxy) is 1. The topological polar surface area (TPSA) is 57.0 Å². The number of hydrogen-bond donors (Lipinski definition) is 0. The number of carbonyl (C=O) groups is 1. The maximum absolute atomic E-state index is 12.5. The number of Topliss-reactive ketones (excluding diaryl/α,β-unsaturated/α-hetero) is 1. The van der Waals surface area contributed by atoms with Crippen molar-refractivity contribution in [3.63, 3.8) is 0 Å². The Morgan fingerprint density at radius 2 is 1.88 bits per heavy atom. The minimum absolute atomic E-state index is 0.0153. The summed E-state index contributed by atoms with van der Waals surface area (Å²) < 4.78 is 7.10. The average Bonchev–Trinajstić information content (AvgIpc) is 3.01. The van der Waals surface area contributed by atoms with Crippen molar-refractivity contribution in [2.24, 2.45) is 7.05 Å². The first-order valence-electron chi connectivity index (χ1n) is 7.54. The van der Waals surface area contributed by atoms with Gasteiger partial charge < -0.3 is 9.30 Å². The largest absolute Gasteiger partial charge is 0.496 e. The highest BCUT2D eigenvalue weighted by Gasteiger charge is 2.16. The average molecular weight is 374 g/mol. The highest BCUT2D eigenvalue weighted by Crippen LogP contribution is 2.25. The van der Waals surface area contributed by atoms with Crippen LogP contribution in [0.3, 0.4) is 0 Å². The van der Waals surface area contributed by atoms with Gasteiger partial charge in [0, 0.05) is 17.6 Å². The zero-order chi connectivity index (χ0) is 17.8. The van der Waals surface area contributed by atoms with E-state index in [1.54, 1.807) is 19.2 Å². The second kappa shape index (κ2) is 7.72. The highest BCUT2D eigenvalue weighted by atomic mass is 35.5. The predicted molar refractivity (Wildman–Crippen MR) is 99.5 cm³/mol. The number of para-hydroxylation sites is 1. The van der Waals surface area contributed by atoms with Crippen LogP contribution >= 0.6 is 23.4 Å². The highest BCUT2D eigenvalue weighted by molar-refractivity contribution is 7.99. The van der Waals surface area contributed by atoms with Gasteiger partial charge >= 0.3 is 0 Å². The molecule has 1 aromatic heterocycles. The summed E-state index contributed by atoms with van der Waals surface area (Å²) in [5.41, 5.74) is 1.49. The summed E-state index contributed by atoms with van der Waals surface area (Å²) in [6.07, 6.45) is 0. The molecule has 2 aromatic carbocycles. The second-order valence-electron chi connectivity index (χ2n) is 5.28. The number of benzene rings is 2. The molecule has 0 N–H and O–H groups in total. The Balaban J connectivity index is 1.74. The summed E-state index contributed by atoms with van der Waals surface area (Å²) in [6, 6.07) is 14.6. The van der Waals surface area contributed by atoms with Crippen molar-refractivity contribution in [1.82, 2.24) is 14.8 Å². The third-order valence-electron chi connectivity index (χ3n) is 3.68. The van der Waals surface area contributed by atoms with E-state index in [-0.39, 0.29) is 11.5 Å². The van der Waals surface area contributed by atoms with Crippen LogP contribution in [0.5, 0.6) is 5.75 Å². The van der Waals surface area contributed by atoms with E-state index in [9.17, 15) is 4.79 Å². The molecule has 3 rings (SSSR count). The maximum Gasteiger partial charge on any atom is 0.191 e. The van der Waals surface area contributed by atoms with Crippen LogP contribution in [-0.2, 0) is 7.05 Å². The molecule has 0 amide bonds. The van der Waals surface area contributed by atoms with Crippen molar-refractivity contribution in [2.75, 3.05) is 12.9 Å². The smallest absolute Gasteiger partial charge is 0.191 e. The molecule has 0 saturated heterocycles. The minimum Gasteiger partial charge on any atom is -0.496 e. The predicted octanol–water partition coefficient (Wildman–Crippen LogP) is 4.12. The molecule has 0 radical (unpaired) electrons. The second-order valence-corrected chi connectivity index (χ2v) is 6.66. The molecule has 0 aliphatic carbocycles. The fraction of sp³-hybridized carbons (Fsp3) is 0.167. The van der Waals surface area contributed by atoms with Gasteiger partial charge in [-0.15, -0.1) is 10.2 Å². The molecule has 0 bridgehead atoms. The summed E-state index contributed by atoms with van der Waals surface area (Å²) in [4.78, 5) is 12.5. The standard InChI is InChI=1S/C18H16ClN3O2S/c1-22-17(12-7-9-13(19)10-8-12)20-21-18(22)25-11-15(23)14-5-3-4-6-16(14)24-2/h3-10H,11H2,1-2H3. The van der Waals surface area contributed by atoms with Crippen molar-refractivity contribution in [1.29, 1.82) is 0 Å². The van der Waals surface area contributed by atoms with E-state index in [0.29, 0.717) is 21.5 Å². The lowest BCUT2D eigenvalue weighted by Gasteiger charge is -2.07. The molecule has 25 heavy (non-hydrogen) atoms. The number of hydrogen-bond acceptors (Lipinski definition) is 5. The molecule has 5 nitrogen and oxygen atoms in total. The summed E-state index contributed by atoms with van der Waals surface area (Å²) >= 11 is 7.26. The molecule has 0 unspecified atom stereocenters.